The molecule has 0 aromatic heterocycles. The summed E-state index contributed by atoms with van der Waals surface area (Å²) in [4.78, 5) is 11.8. The number of carbonyl (C=O) groups is 1. The Morgan fingerprint density at radius 3 is 2.48 bits per heavy atom. The van der Waals surface area contributed by atoms with Crippen molar-refractivity contribution in [2.45, 2.75) is 13.8 Å². The maximum absolute atomic E-state index is 11.8. The van der Waals surface area contributed by atoms with Gasteiger partial charge in [0.25, 0.3) is 5.91 Å². The lowest BCUT2D eigenvalue weighted by molar-refractivity contribution is -0.123. The third-order valence-electron chi connectivity index (χ3n) is 3.23. The van der Waals surface area contributed by atoms with Crippen molar-refractivity contribution in [3.63, 3.8) is 0 Å². The van der Waals surface area contributed by atoms with E-state index in [4.69, 9.17) is 39.5 Å². The minimum Gasteiger partial charge on any atom is -0.506 e. The van der Waals surface area contributed by atoms with Crippen LogP contribution in [0.1, 0.15) is 16.7 Å². The van der Waals surface area contributed by atoms with Gasteiger partial charge in [0.15, 0.2) is 6.61 Å². The topological polar surface area (TPSA) is 70.9 Å². The van der Waals surface area contributed by atoms with E-state index in [1.165, 1.54) is 18.3 Å². The van der Waals surface area contributed by atoms with E-state index in [2.05, 4.69) is 10.5 Å². The van der Waals surface area contributed by atoms with E-state index in [0.29, 0.717) is 15.8 Å². The fourth-order valence-corrected chi connectivity index (χ4v) is 2.65. The molecule has 0 bridgehead atoms. The third-order valence-corrected chi connectivity index (χ3v) is 4.33. The summed E-state index contributed by atoms with van der Waals surface area (Å²) in [5.41, 5.74) is 4.30. The van der Waals surface area contributed by atoms with E-state index in [1.807, 2.05) is 13.8 Å². The maximum atomic E-state index is 11.8. The van der Waals surface area contributed by atoms with Crippen LogP contribution in [0, 0.1) is 13.8 Å². The lowest BCUT2D eigenvalue weighted by Crippen LogP contribution is -2.24. The van der Waals surface area contributed by atoms with Gasteiger partial charge in [0.05, 0.1) is 11.2 Å². The van der Waals surface area contributed by atoms with Gasteiger partial charge in [-0.1, -0.05) is 34.8 Å². The van der Waals surface area contributed by atoms with Gasteiger partial charge in [-0.3, -0.25) is 4.79 Å². The summed E-state index contributed by atoms with van der Waals surface area (Å²) in [5.74, 6) is -0.0978. The summed E-state index contributed by atoms with van der Waals surface area (Å²) in [6.45, 7) is 3.49. The summed E-state index contributed by atoms with van der Waals surface area (Å²) in [7, 11) is 0. The predicted octanol–water partition coefficient (Wildman–Crippen LogP) is 4.50. The largest absolute Gasteiger partial charge is 0.506 e. The Kier molecular flexibility index (Phi) is 6.53. The zero-order chi connectivity index (χ0) is 18.6. The molecule has 0 heterocycles. The van der Waals surface area contributed by atoms with E-state index < -0.39 is 5.91 Å². The fourth-order valence-electron chi connectivity index (χ4n) is 2.03. The molecule has 8 heteroatoms. The predicted molar refractivity (Wildman–Crippen MR) is 100 cm³/mol. The van der Waals surface area contributed by atoms with Crippen molar-refractivity contribution in [2.24, 2.45) is 5.10 Å². The van der Waals surface area contributed by atoms with Crippen LogP contribution in [0.15, 0.2) is 29.4 Å². The van der Waals surface area contributed by atoms with Gasteiger partial charge in [0.2, 0.25) is 0 Å². The SMILES string of the molecule is Cc1cc(OCC(=O)NN=Cc2cc(Cl)cc(Cl)c2O)cc(C)c1Cl. The number of phenolic OH excluding ortho intramolecular Hbond substituents is 1. The Morgan fingerprint density at radius 2 is 1.84 bits per heavy atom. The van der Waals surface area contributed by atoms with E-state index in [-0.39, 0.29) is 22.9 Å². The minimum absolute atomic E-state index is 0.0945. The first-order chi connectivity index (χ1) is 11.8. The summed E-state index contributed by atoms with van der Waals surface area (Å²) in [5, 5.41) is 14.6. The molecule has 2 aromatic carbocycles. The molecule has 0 aliphatic rings. The zero-order valence-electron chi connectivity index (χ0n) is 13.4. The number of aryl methyl sites for hydroxylation is 2. The van der Waals surface area contributed by atoms with Crippen molar-refractivity contribution in [1.29, 1.82) is 0 Å². The average Bonchev–Trinajstić information content (AvgIpc) is 2.54. The van der Waals surface area contributed by atoms with Gasteiger partial charge >= 0.3 is 0 Å². The van der Waals surface area contributed by atoms with Crippen molar-refractivity contribution < 1.29 is 14.6 Å². The number of aromatic hydroxyl groups is 1. The lowest BCUT2D eigenvalue weighted by Gasteiger charge is -2.09. The van der Waals surface area contributed by atoms with Gasteiger partial charge in [-0.05, 0) is 49.2 Å². The Hall–Kier alpha value is -1.95. The minimum atomic E-state index is -0.464. The molecule has 0 spiro atoms. The molecule has 0 fully saturated rings. The molecule has 1 amide bonds. The first kappa shape index (κ1) is 19.4. The number of phenols is 1. The molecule has 25 heavy (non-hydrogen) atoms. The number of hydrazone groups is 1. The number of hydrogen-bond donors (Lipinski definition) is 2. The van der Waals surface area contributed by atoms with Crippen molar-refractivity contribution >= 4 is 46.9 Å². The van der Waals surface area contributed by atoms with Gasteiger partial charge in [0, 0.05) is 15.6 Å². The molecule has 2 N–H and O–H groups in total. The van der Waals surface area contributed by atoms with Crippen LogP contribution < -0.4 is 10.2 Å². The van der Waals surface area contributed by atoms with Crippen molar-refractivity contribution in [1.82, 2.24) is 5.43 Å². The monoisotopic (exact) mass is 400 g/mol. The molecule has 2 aromatic rings. The Bertz CT molecular complexity index is 815. The highest BCUT2D eigenvalue weighted by atomic mass is 35.5. The molecule has 0 saturated carbocycles. The quantitative estimate of drug-likeness (QED) is 0.572. The van der Waals surface area contributed by atoms with Gasteiger partial charge in [0.1, 0.15) is 11.5 Å². The standard InChI is InChI=1S/C17H15Cl3N2O3/c1-9-3-13(4-10(2)16(9)20)25-8-15(23)22-21-7-11-5-12(18)6-14(19)17(11)24/h3-7,24H,8H2,1-2H3,(H,22,23). The van der Waals surface area contributed by atoms with E-state index in [1.54, 1.807) is 12.1 Å². The van der Waals surface area contributed by atoms with Crippen LogP contribution in [0.2, 0.25) is 15.1 Å². The molecule has 2 rings (SSSR count). The lowest BCUT2D eigenvalue weighted by atomic mass is 10.1. The third kappa shape index (κ3) is 5.26. The van der Waals surface area contributed by atoms with Gasteiger partial charge in [-0.2, -0.15) is 5.10 Å². The summed E-state index contributed by atoms with van der Waals surface area (Å²) < 4.78 is 5.41. The number of nitrogens with one attached hydrogen (secondary N) is 1. The number of benzene rings is 2. The highest BCUT2D eigenvalue weighted by Gasteiger charge is 2.08. The number of rotatable bonds is 5. The van der Waals surface area contributed by atoms with Crippen LogP contribution in [0.5, 0.6) is 11.5 Å². The number of amides is 1. The molecular weight excluding hydrogens is 387 g/mol. The highest BCUT2D eigenvalue weighted by Crippen LogP contribution is 2.30. The first-order valence-corrected chi connectivity index (χ1v) is 8.30. The van der Waals surface area contributed by atoms with E-state index in [9.17, 15) is 9.90 Å². The molecule has 0 radical (unpaired) electrons. The molecule has 0 atom stereocenters. The molecular formula is C17H15Cl3N2O3. The van der Waals surface area contributed by atoms with Crippen LogP contribution in [-0.2, 0) is 4.79 Å². The van der Waals surface area contributed by atoms with Crippen LogP contribution in [0.3, 0.4) is 0 Å². The van der Waals surface area contributed by atoms with E-state index in [0.717, 1.165) is 11.1 Å². The van der Waals surface area contributed by atoms with Crippen molar-refractivity contribution in [3.05, 3.63) is 56.0 Å². The molecule has 0 aliphatic heterocycles. The molecule has 132 valence electrons. The Labute approximate surface area is 160 Å². The summed E-state index contributed by atoms with van der Waals surface area (Å²) in [6, 6.07) is 6.36. The van der Waals surface area contributed by atoms with Crippen LogP contribution >= 0.6 is 34.8 Å². The van der Waals surface area contributed by atoms with Crippen molar-refractivity contribution in [2.75, 3.05) is 6.61 Å². The summed E-state index contributed by atoms with van der Waals surface area (Å²) >= 11 is 17.7. The van der Waals surface area contributed by atoms with Crippen LogP contribution in [-0.4, -0.2) is 23.8 Å². The average molecular weight is 402 g/mol. The second-order valence-corrected chi connectivity index (χ2v) is 6.50. The van der Waals surface area contributed by atoms with Crippen LogP contribution in [0.4, 0.5) is 0 Å². The maximum Gasteiger partial charge on any atom is 0.277 e. The van der Waals surface area contributed by atoms with E-state index >= 15 is 0 Å². The highest BCUT2D eigenvalue weighted by molar-refractivity contribution is 6.36. The fraction of sp³-hybridized carbons (Fsp3) is 0.176. The Balaban J connectivity index is 1.93. The van der Waals surface area contributed by atoms with Gasteiger partial charge in [-0.25, -0.2) is 5.43 Å². The first-order valence-electron chi connectivity index (χ1n) is 7.17. The normalized spacial score (nSPS) is 10.9. The van der Waals surface area contributed by atoms with Gasteiger partial charge in [-0.15, -0.1) is 0 Å². The molecule has 0 saturated heterocycles. The number of nitrogens with zero attached hydrogens (tertiary/aromatic N) is 1. The zero-order valence-corrected chi connectivity index (χ0v) is 15.7. The Morgan fingerprint density at radius 1 is 1.20 bits per heavy atom. The molecule has 0 aliphatic carbocycles. The second-order valence-electron chi connectivity index (χ2n) is 5.28. The molecule has 0 unspecified atom stereocenters. The second kappa shape index (κ2) is 8.43. The number of hydrogen-bond acceptors (Lipinski definition) is 4. The molecule has 5 nitrogen and oxygen atoms in total. The van der Waals surface area contributed by atoms with Gasteiger partial charge < -0.3 is 9.84 Å². The van der Waals surface area contributed by atoms with Crippen LogP contribution in [0.25, 0.3) is 0 Å². The van der Waals surface area contributed by atoms with Crippen molar-refractivity contribution in [3.8, 4) is 11.5 Å². The number of halogens is 3. The number of ether oxygens (including phenoxy) is 1. The number of carbonyl (C=O) groups excluding carboxylic acids is 1. The summed E-state index contributed by atoms with van der Waals surface area (Å²) in [6.07, 6.45) is 1.24. The smallest absolute Gasteiger partial charge is 0.277 e.